The van der Waals surface area contributed by atoms with Crippen molar-refractivity contribution in [1.29, 1.82) is 0 Å². The third kappa shape index (κ3) is 1.05. The van der Waals surface area contributed by atoms with Crippen LogP contribution in [0.1, 0.15) is 10.5 Å². The summed E-state index contributed by atoms with van der Waals surface area (Å²) in [7, 11) is 0. The van der Waals surface area contributed by atoms with Crippen LogP contribution in [0.25, 0.3) is 0 Å². The minimum absolute atomic E-state index is 0.127. The Kier molecular flexibility index (Phi) is 1.53. The molecule has 0 aliphatic heterocycles. The van der Waals surface area contributed by atoms with Crippen LogP contribution in [0.2, 0.25) is 0 Å². The summed E-state index contributed by atoms with van der Waals surface area (Å²) >= 11 is 0. The van der Waals surface area contributed by atoms with Gasteiger partial charge in [0.05, 0.1) is 11.7 Å². The van der Waals surface area contributed by atoms with Gasteiger partial charge in [0.1, 0.15) is 5.69 Å². The van der Waals surface area contributed by atoms with E-state index in [1.807, 2.05) is 0 Å². The first kappa shape index (κ1) is 6.54. The molecule has 4 heteroatoms. The lowest BCUT2D eigenvalue weighted by molar-refractivity contribution is -0.255. The summed E-state index contributed by atoms with van der Waals surface area (Å²) in [5.41, 5.74) is 5.16. The van der Waals surface area contributed by atoms with Crippen molar-refractivity contribution in [1.82, 2.24) is 4.98 Å². The highest BCUT2D eigenvalue weighted by Gasteiger charge is 1.97. The molecule has 1 aromatic rings. The van der Waals surface area contributed by atoms with E-state index < -0.39 is 5.97 Å². The number of nitrogens with two attached hydrogens (primary N) is 1. The number of hydrogen-bond donors (Lipinski definition) is 1. The van der Waals surface area contributed by atoms with Gasteiger partial charge in [0, 0.05) is 6.20 Å². The van der Waals surface area contributed by atoms with Gasteiger partial charge >= 0.3 is 0 Å². The van der Waals surface area contributed by atoms with Crippen molar-refractivity contribution in [2.45, 2.75) is 0 Å². The van der Waals surface area contributed by atoms with Gasteiger partial charge in [0.2, 0.25) is 0 Å². The van der Waals surface area contributed by atoms with Crippen LogP contribution in [-0.2, 0) is 0 Å². The summed E-state index contributed by atoms with van der Waals surface area (Å²) < 4.78 is 0. The van der Waals surface area contributed by atoms with E-state index in [0.717, 1.165) is 0 Å². The zero-order chi connectivity index (χ0) is 7.56. The van der Waals surface area contributed by atoms with E-state index in [2.05, 4.69) is 4.98 Å². The van der Waals surface area contributed by atoms with Gasteiger partial charge in [-0.1, -0.05) is 0 Å². The smallest absolute Gasteiger partial charge is 0.109 e. The molecule has 1 rings (SSSR count). The lowest BCUT2D eigenvalue weighted by Gasteiger charge is -2.02. The normalized spacial score (nSPS) is 9.20. The molecule has 0 aliphatic rings. The number of rotatable bonds is 1. The van der Waals surface area contributed by atoms with Crippen molar-refractivity contribution in [2.24, 2.45) is 0 Å². The zero-order valence-corrected chi connectivity index (χ0v) is 5.07. The summed E-state index contributed by atoms with van der Waals surface area (Å²) in [6, 6.07) is 3.01. The number of anilines is 1. The van der Waals surface area contributed by atoms with E-state index in [1.54, 1.807) is 6.07 Å². The SMILES string of the molecule is Nc1cccnc1C(=O)[O-]. The summed E-state index contributed by atoms with van der Waals surface area (Å²) in [5.74, 6) is -1.35. The quantitative estimate of drug-likeness (QED) is 0.540. The number of carboxylic acids is 1. The highest BCUT2D eigenvalue weighted by atomic mass is 16.4. The fourth-order valence-corrected chi connectivity index (χ4v) is 0.588. The number of aromatic nitrogens is 1. The largest absolute Gasteiger partial charge is 0.543 e. The minimum Gasteiger partial charge on any atom is -0.543 e. The maximum Gasteiger partial charge on any atom is 0.109 e. The molecule has 52 valence electrons. The summed E-state index contributed by atoms with van der Waals surface area (Å²) in [4.78, 5) is 13.7. The molecule has 0 atom stereocenters. The fourth-order valence-electron chi connectivity index (χ4n) is 0.588. The average molecular weight is 137 g/mol. The van der Waals surface area contributed by atoms with E-state index in [0.29, 0.717) is 0 Å². The molecule has 0 unspecified atom stereocenters. The van der Waals surface area contributed by atoms with Gasteiger partial charge in [0.15, 0.2) is 0 Å². The van der Waals surface area contributed by atoms with E-state index in [-0.39, 0.29) is 11.4 Å². The predicted octanol–water partition coefficient (Wildman–Crippen LogP) is -0.973. The Balaban J connectivity index is 3.15. The number of nitrogens with zero attached hydrogens (tertiary/aromatic N) is 1. The van der Waals surface area contributed by atoms with Crippen molar-refractivity contribution in [3.63, 3.8) is 0 Å². The van der Waals surface area contributed by atoms with E-state index in [9.17, 15) is 9.90 Å². The van der Waals surface area contributed by atoms with Gasteiger partial charge < -0.3 is 15.6 Å². The summed E-state index contributed by atoms with van der Waals surface area (Å²) in [6.07, 6.45) is 1.35. The standard InChI is InChI=1S/C6H6N2O2/c7-4-2-1-3-8-5(4)6(9)10/h1-3H,7H2,(H,9,10)/p-1. The van der Waals surface area contributed by atoms with Crippen LogP contribution in [0.15, 0.2) is 18.3 Å². The third-order valence-electron chi connectivity index (χ3n) is 1.03. The number of pyridine rings is 1. The van der Waals surface area contributed by atoms with Crippen molar-refractivity contribution in [3.8, 4) is 0 Å². The molecule has 0 saturated carbocycles. The van der Waals surface area contributed by atoms with E-state index in [1.165, 1.54) is 12.3 Å². The van der Waals surface area contributed by atoms with Crippen molar-refractivity contribution >= 4 is 11.7 Å². The highest BCUT2D eigenvalue weighted by molar-refractivity contribution is 5.89. The maximum absolute atomic E-state index is 10.2. The third-order valence-corrected chi connectivity index (χ3v) is 1.03. The molecular weight excluding hydrogens is 132 g/mol. The van der Waals surface area contributed by atoms with Crippen LogP contribution in [0, 0.1) is 0 Å². The first-order chi connectivity index (χ1) is 4.72. The lowest BCUT2D eigenvalue weighted by Crippen LogP contribution is -2.24. The Morgan fingerprint density at radius 2 is 2.40 bits per heavy atom. The molecule has 2 N–H and O–H groups in total. The Labute approximate surface area is 57.3 Å². The average Bonchev–Trinajstić information content (AvgIpc) is 1.88. The van der Waals surface area contributed by atoms with Gasteiger partial charge in [0.25, 0.3) is 0 Å². The first-order valence-corrected chi connectivity index (χ1v) is 2.63. The molecule has 0 aliphatic carbocycles. The molecule has 0 bridgehead atoms. The molecule has 1 aromatic heterocycles. The van der Waals surface area contributed by atoms with Gasteiger partial charge in [-0.15, -0.1) is 0 Å². The maximum atomic E-state index is 10.2. The van der Waals surface area contributed by atoms with Crippen LogP contribution < -0.4 is 10.8 Å². The van der Waals surface area contributed by atoms with Crippen LogP contribution in [0.5, 0.6) is 0 Å². The Morgan fingerprint density at radius 1 is 1.70 bits per heavy atom. The number of aromatic carboxylic acids is 1. The molecule has 0 radical (unpaired) electrons. The Hall–Kier alpha value is -1.58. The molecule has 0 saturated heterocycles. The minimum atomic E-state index is -1.35. The monoisotopic (exact) mass is 137 g/mol. The molecular formula is C6H5N2O2-. The number of carboxylic acid groups (broad SMARTS) is 1. The number of hydrogen-bond acceptors (Lipinski definition) is 4. The zero-order valence-electron chi connectivity index (χ0n) is 5.07. The summed E-state index contributed by atoms with van der Waals surface area (Å²) in [6.45, 7) is 0. The lowest BCUT2D eigenvalue weighted by atomic mass is 10.3. The van der Waals surface area contributed by atoms with Crippen LogP contribution in [0.4, 0.5) is 5.69 Å². The van der Waals surface area contributed by atoms with Gasteiger partial charge in [-0.3, -0.25) is 4.98 Å². The van der Waals surface area contributed by atoms with Crippen LogP contribution in [-0.4, -0.2) is 11.0 Å². The molecule has 0 fully saturated rings. The second-order valence-corrected chi connectivity index (χ2v) is 1.73. The molecule has 10 heavy (non-hydrogen) atoms. The molecule has 0 spiro atoms. The number of nitrogen functional groups attached to an aromatic ring is 1. The summed E-state index contributed by atoms with van der Waals surface area (Å²) in [5, 5.41) is 10.2. The Morgan fingerprint density at radius 3 is 2.80 bits per heavy atom. The van der Waals surface area contributed by atoms with Crippen LogP contribution >= 0.6 is 0 Å². The topological polar surface area (TPSA) is 79.0 Å². The van der Waals surface area contributed by atoms with Gasteiger partial charge in [-0.2, -0.15) is 0 Å². The van der Waals surface area contributed by atoms with Crippen molar-refractivity contribution < 1.29 is 9.90 Å². The van der Waals surface area contributed by atoms with Crippen molar-refractivity contribution in [3.05, 3.63) is 24.0 Å². The Bertz CT molecular complexity index is 260. The van der Waals surface area contributed by atoms with Crippen molar-refractivity contribution in [2.75, 3.05) is 5.73 Å². The first-order valence-electron chi connectivity index (χ1n) is 2.63. The fraction of sp³-hybridized carbons (Fsp3) is 0. The molecule has 4 nitrogen and oxygen atoms in total. The van der Waals surface area contributed by atoms with Gasteiger partial charge in [-0.25, -0.2) is 0 Å². The van der Waals surface area contributed by atoms with Crippen LogP contribution in [0.3, 0.4) is 0 Å². The second-order valence-electron chi connectivity index (χ2n) is 1.73. The number of carbonyl (C=O) groups excluding carboxylic acids is 1. The molecule has 0 amide bonds. The molecule has 0 aromatic carbocycles. The van der Waals surface area contributed by atoms with Gasteiger partial charge in [-0.05, 0) is 12.1 Å². The number of carbonyl (C=O) groups is 1. The molecule has 1 heterocycles. The van der Waals surface area contributed by atoms with E-state index >= 15 is 0 Å². The predicted molar refractivity (Wildman–Crippen MR) is 33.0 cm³/mol. The second kappa shape index (κ2) is 2.34. The van der Waals surface area contributed by atoms with E-state index in [4.69, 9.17) is 5.73 Å². The highest BCUT2D eigenvalue weighted by Crippen LogP contribution is 2.03.